The van der Waals surface area contributed by atoms with Gasteiger partial charge in [-0.1, -0.05) is 43.5 Å². The van der Waals surface area contributed by atoms with Gasteiger partial charge in [0, 0.05) is 19.1 Å². The van der Waals surface area contributed by atoms with E-state index in [1.165, 1.54) is 43.2 Å². The highest BCUT2D eigenvalue weighted by Crippen LogP contribution is 2.26. The van der Waals surface area contributed by atoms with Crippen molar-refractivity contribution in [3.05, 3.63) is 35.4 Å². The fraction of sp³-hybridized carbons (Fsp3) is 0.647. The van der Waals surface area contributed by atoms with E-state index in [4.69, 9.17) is 5.73 Å². The van der Waals surface area contributed by atoms with Crippen LogP contribution in [0.5, 0.6) is 0 Å². The third kappa shape index (κ3) is 4.32. The van der Waals surface area contributed by atoms with E-state index in [1.807, 2.05) is 0 Å². The van der Waals surface area contributed by atoms with Crippen molar-refractivity contribution in [2.75, 3.05) is 13.6 Å². The average molecular weight is 260 g/mol. The molecule has 1 aliphatic carbocycles. The summed E-state index contributed by atoms with van der Waals surface area (Å²) in [7, 11) is 2.19. The predicted molar refractivity (Wildman–Crippen MR) is 82.1 cm³/mol. The zero-order chi connectivity index (χ0) is 13.7. The number of hydrogen-bond acceptors (Lipinski definition) is 2. The number of nitrogens with two attached hydrogens (primary N) is 1. The number of hydrogen-bond donors (Lipinski definition) is 1. The molecule has 1 atom stereocenters. The van der Waals surface area contributed by atoms with Crippen LogP contribution in [0.25, 0.3) is 0 Å². The van der Waals surface area contributed by atoms with Crippen LogP contribution in [-0.4, -0.2) is 24.5 Å². The Morgan fingerprint density at radius 3 is 2.58 bits per heavy atom. The Morgan fingerprint density at radius 1 is 1.21 bits per heavy atom. The molecule has 0 aromatic heterocycles. The quantitative estimate of drug-likeness (QED) is 0.880. The maximum Gasteiger partial charge on any atom is 0.0233 e. The molecular formula is C17H28N2. The Bertz CT molecular complexity index is 383. The molecule has 0 heterocycles. The molecule has 0 amide bonds. The minimum absolute atomic E-state index is 0.342. The van der Waals surface area contributed by atoms with Gasteiger partial charge in [-0.05, 0) is 43.9 Å². The Hall–Kier alpha value is -0.860. The monoisotopic (exact) mass is 260 g/mol. The van der Waals surface area contributed by atoms with Crippen LogP contribution >= 0.6 is 0 Å². The van der Waals surface area contributed by atoms with E-state index in [0.717, 1.165) is 19.0 Å². The minimum Gasteiger partial charge on any atom is -0.326 e. The fourth-order valence-electron chi connectivity index (χ4n) is 3.21. The van der Waals surface area contributed by atoms with Gasteiger partial charge in [0.1, 0.15) is 0 Å². The first-order valence-corrected chi connectivity index (χ1v) is 7.65. The van der Waals surface area contributed by atoms with Crippen molar-refractivity contribution in [1.82, 2.24) is 4.90 Å². The molecule has 0 radical (unpaired) electrons. The van der Waals surface area contributed by atoms with Crippen LogP contribution in [0.3, 0.4) is 0 Å². The molecule has 1 aromatic rings. The average Bonchev–Trinajstić information content (AvgIpc) is 2.42. The van der Waals surface area contributed by atoms with Crippen molar-refractivity contribution in [1.29, 1.82) is 0 Å². The topological polar surface area (TPSA) is 29.3 Å². The largest absolute Gasteiger partial charge is 0.326 e. The van der Waals surface area contributed by atoms with Crippen LogP contribution < -0.4 is 5.73 Å². The lowest BCUT2D eigenvalue weighted by atomic mass is 9.84. The van der Waals surface area contributed by atoms with Crippen molar-refractivity contribution >= 4 is 0 Å². The van der Waals surface area contributed by atoms with Crippen LogP contribution in [0.1, 0.15) is 43.2 Å². The third-order valence-corrected chi connectivity index (χ3v) is 4.48. The molecule has 0 bridgehead atoms. The predicted octanol–water partition coefficient (Wildman–Crippen LogP) is 3.33. The first kappa shape index (κ1) is 14.5. The third-order valence-electron chi connectivity index (χ3n) is 4.48. The molecular weight excluding hydrogens is 232 g/mol. The van der Waals surface area contributed by atoms with Gasteiger partial charge < -0.3 is 10.6 Å². The first-order chi connectivity index (χ1) is 9.16. The van der Waals surface area contributed by atoms with Gasteiger partial charge in [-0.3, -0.25) is 0 Å². The van der Waals surface area contributed by atoms with Gasteiger partial charge in [0.05, 0.1) is 0 Å². The van der Waals surface area contributed by atoms with Crippen molar-refractivity contribution in [2.45, 2.75) is 51.6 Å². The number of aryl methyl sites for hydroxylation is 1. The molecule has 1 aromatic carbocycles. The Morgan fingerprint density at radius 2 is 1.89 bits per heavy atom. The molecule has 2 N–H and O–H groups in total. The normalized spacial score (nSPS) is 18.7. The molecule has 1 unspecified atom stereocenters. The summed E-state index contributed by atoms with van der Waals surface area (Å²) >= 11 is 0. The molecule has 0 spiro atoms. The van der Waals surface area contributed by atoms with Crippen LogP contribution in [0.4, 0.5) is 0 Å². The Balaban J connectivity index is 1.83. The Labute approximate surface area is 118 Å². The molecule has 2 rings (SSSR count). The van der Waals surface area contributed by atoms with Gasteiger partial charge in [-0.2, -0.15) is 0 Å². The van der Waals surface area contributed by atoms with Crippen LogP contribution in [0.15, 0.2) is 24.3 Å². The zero-order valence-corrected chi connectivity index (χ0v) is 12.4. The lowest BCUT2D eigenvalue weighted by molar-refractivity contribution is 0.229. The summed E-state index contributed by atoms with van der Waals surface area (Å²) in [6.07, 6.45) is 6.82. The summed E-state index contributed by atoms with van der Waals surface area (Å²) in [6, 6.07) is 8.97. The summed E-state index contributed by atoms with van der Waals surface area (Å²) in [5, 5.41) is 0. The molecule has 2 heteroatoms. The van der Waals surface area contributed by atoms with Crippen molar-refractivity contribution < 1.29 is 0 Å². The van der Waals surface area contributed by atoms with E-state index < -0.39 is 0 Å². The first-order valence-electron chi connectivity index (χ1n) is 7.65. The highest BCUT2D eigenvalue weighted by molar-refractivity contribution is 5.25. The summed E-state index contributed by atoms with van der Waals surface area (Å²) in [5.74, 6) is 0.744. The molecule has 1 saturated carbocycles. The molecule has 1 aliphatic rings. The van der Waals surface area contributed by atoms with E-state index in [1.54, 1.807) is 0 Å². The number of rotatable bonds is 5. The number of nitrogens with zero attached hydrogens (tertiary/aromatic N) is 1. The maximum absolute atomic E-state index is 6.40. The SMILES string of the molecule is Cc1ccccc1CN(C)CC(N)C1CCCCC1. The van der Waals surface area contributed by atoms with Crippen molar-refractivity contribution in [3.63, 3.8) is 0 Å². The second-order valence-electron chi connectivity index (χ2n) is 6.19. The second kappa shape index (κ2) is 7.06. The van der Waals surface area contributed by atoms with Gasteiger partial charge in [0.25, 0.3) is 0 Å². The summed E-state index contributed by atoms with van der Waals surface area (Å²) in [6.45, 7) is 4.20. The van der Waals surface area contributed by atoms with Crippen LogP contribution in [-0.2, 0) is 6.54 Å². The second-order valence-corrected chi connectivity index (χ2v) is 6.19. The molecule has 106 valence electrons. The summed E-state index contributed by atoms with van der Waals surface area (Å²) in [5.41, 5.74) is 9.19. The molecule has 0 saturated heterocycles. The Kier molecular flexibility index (Phi) is 5.41. The lowest BCUT2D eigenvalue weighted by Crippen LogP contribution is -2.41. The van der Waals surface area contributed by atoms with Gasteiger partial charge >= 0.3 is 0 Å². The van der Waals surface area contributed by atoms with Gasteiger partial charge in [-0.15, -0.1) is 0 Å². The summed E-state index contributed by atoms with van der Waals surface area (Å²) < 4.78 is 0. The number of benzene rings is 1. The molecule has 0 aliphatic heterocycles. The van der Waals surface area contributed by atoms with Crippen LogP contribution in [0, 0.1) is 12.8 Å². The smallest absolute Gasteiger partial charge is 0.0233 e. The van der Waals surface area contributed by atoms with Gasteiger partial charge in [0.15, 0.2) is 0 Å². The van der Waals surface area contributed by atoms with E-state index in [9.17, 15) is 0 Å². The minimum atomic E-state index is 0.342. The number of likely N-dealkylation sites (N-methyl/N-ethyl adjacent to an activating group) is 1. The van der Waals surface area contributed by atoms with Gasteiger partial charge in [0.2, 0.25) is 0 Å². The summed E-state index contributed by atoms with van der Waals surface area (Å²) in [4.78, 5) is 2.38. The molecule has 1 fully saturated rings. The van der Waals surface area contributed by atoms with Crippen LogP contribution in [0.2, 0.25) is 0 Å². The van der Waals surface area contributed by atoms with E-state index in [0.29, 0.717) is 6.04 Å². The lowest BCUT2D eigenvalue weighted by Gasteiger charge is -2.30. The van der Waals surface area contributed by atoms with E-state index >= 15 is 0 Å². The van der Waals surface area contributed by atoms with E-state index in [2.05, 4.69) is 43.1 Å². The molecule has 19 heavy (non-hydrogen) atoms. The van der Waals surface area contributed by atoms with E-state index in [-0.39, 0.29) is 0 Å². The van der Waals surface area contributed by atoms with Gasteiger partial charge in [-0.25, -0.2) is 0 Å². The maximum atomic E-state index is 6.40. The van der Waals surface area contributed by atoms with Crippen molar-refractivity contribution in [2.24, 2.45) is 11.7 Å². The zero-order valence-electron chi connectivity index (χ0n) is 12.4. The highest BCUT2D eigenvalue weighted by atomic mass is 15.1. The highest BCUT2D eigenvalue weighted by Gasteiger charge is 2.21. The van der Waals surface area contributed by atoms with Crippen molar-refractivity contribution in [3.8, 4) is 0 Å². The molecule has 2 nitrogen and oxygen atoms in total. The standard InChI is InChI=1S/C17H28N2/c1-14-8-6-7-11-16(14)12-19(2)13-17(18)15-9-4-3-5-10-15/h6-8,11,15,17H,3-5,9-10,12-13,18H2,1-2H3. The fourth-order valence-corrected chi connectivity index (χ4v) is 3.21.